The van der Waals surface area contributed by atoms with Gasteiger partial charge in [-0.3, -0.25) is 4.79 Å². The Balaban J connectivity index is 2.62. The van der Waals surface area contributed by atoms with E-state index >= 15 is 0 Å². The maximum atomic E-state index is 11.5. The number of benzene rings is 1. The van der Waals surface area contributed by atoms with Crippen molar-refractivity contribution in [2.45, 2.75) is 33.2 Å². The summed E-state index contributed by atoms with van der Waals surface area (Å²) in [7, 11) is 0. The van der Waals surface area contributed by atoms with Gasteiger partial charge in [0.25, 0.3) is 0 Å². The molecular formula is C14H20INO2. The van der Waals surface area contributed by atoms with E-state index in [0.29, 0.717) is 18.9 Å². The van der Waals surface area contributed by atoms with Crippen LogP contribution >= 0.6 is 22.6 Å². The molecule has 0 aliphatic heterocycles. The molecule has 0 unspecified atom stereocenters. The van der Waals surface area contributed by atoms with Crippen molar-refractivity contribution in [3.63, 3.8) is 0 Å². The van der Waals surface area contributed by atoms with E-state index in [9.17, 15) is 4.79 Å². The van der Waals surface area contributed by atoms with Crippen molar-refractivity contribution in [3.8, 4) is 0 Å². The number of ether oxygens (including phenoxy) is 1. The van der Waals surface area contributed by atoms with Crippen molar-refractivity contribution < 1.29 is 9.53 Å². The van der Waals surface area contributed by atoms with Gasteiger partial charge in [0.2, 0.25) is 0 Å². The highest BCUT2D eigenvalue weighted by Crippen LogP contribution is 2.17. The smallest absolute Gasteiger partial charge is 0.307 e. The Kier molecular flexibility index (Phi) is 6.46. The molecule has 1 aromatic carbocycles. The Hall–Kier alpha value is -0.780. The number of carbonyl (C=O) groups excluding carboxylic acids is 1. The Labute approximate surface area is 122 Å². The standard InChI is InChI=1S/C14H20INO2/c1-4-18-14(17)9-13(10(2)3)16-12-7-5-11(15)6-8-12/h5-8,10,13,16H,4,9H2,1-3H3/t13-/m0/s1. The van der Waals surface area contributed by atoms with Gasteiger partial charge in [-0.15, -0.1) is 0 Å². The second kappa shape index (κ2) is 7.61. The molecular weight excluding hydrogens is 341 g/mol. The van der Waals surface area contributed by atoms with Gasteiger partial charge in [0.05, 0.1) is 13.0 Å². The number of esters is 1. The SMILES string of the molecule is CCOC(=O)C[C@H](Nc1ccc(I)cc1)C(C)C. The van der Waals surface area contributed by atoms with Crippen LogP contribution in [0.4, 0.5) is 5.69 Å². The topological polar surface area (TPSA) is 38.3 Å². The first kappa shape index (κ1) is 15.3. The van der Waals surface area contributed by atoms with Crippen molar-refractivity contribution in [2.75, 3.05) is 11.9 Å². The molecule has 0 heterocycles. The largest absolute Gasteiger partial charge is 0.466 e. The van der Waals surface area contributed by atoms with Crippen molar-refractivity contribution in [1.82, 2.24) is 0 Å². The fourth-order valence-corrected chi connectivity index (χ4v) is 1.97. The van der Waals surface area contributed by atoms with Crippen LogP contribution in [0.15, 0.2) is 24.3 Å². The maximum absolute atomic E-state index is 11.5. The summed E-state index contributed by atoms with van der Waals surface area (Å²) in [5.41, 5.74) is 1.04. The quantitative estimate of drug-likeness (QED) is 0.621. The highest BCUT2D eigenvalue weighted by atomic mass is 127. The number of nitrogens with one attached hydrogen (secondary N) is 1. The first-order valence-electron chi connectivity index (χ1n) is 6.20. The zero-order valence-corrected chi connectivity index (χ0v) is 13.2. The Morgan fingerprint density at radius 3 is 2.44 bits per heavy atom. The third-order valence-corrected chi connectivity index (χ3v) is 3.41. The summed E-state index contributed by atoms with van der Waals surface area (Å²) >= 11 is 2.27. The van der Waals surface area contributed by atoms with E-state index in [0.717, 1.165) is 5.69 Å². The molecule has 18 heavy (non-hydrogen) atoms. The lowest BCUT2D eigenvalue weighted by molar-refractivity contribution is -0.143. The molecule has 0 aromatic heterocycles. The second-order valence-corrected chi connectivity index (χ2v) is 5.76. The number of anilines is 1. The molecule has 0 fully saturated rings. The van der Waals surface area contributed by atoms with Crippen molar-refractivity contribution in [1.29, 1.82) is 0 Å². The van der Waals surface area contributed by atoms with Gasteiger partial charge in [-0.2, -0.15) is 0 Å². The number of hydrogen-bond acceptors (Lipinski definition) is 3. The van der Waals surface area contributed by atoms with Crippen LogP contribution in [0, 0.1) is 9.49 Å². The molecule has 1 N–H and O–H groups in total. The lowest BCUT2D eigenvalue weighted by atomic mass is 10.0. The van der Waals surface area contributed by atoms with Crippen molar-refractivity contribution in [3.05, 3.63) is 27.8 Å². The Morgan fingerprint density at radius 1 is 1.33 bits per heavy atom. The molecule has 0 saturated heterocycles. The molecule has 1 rings (SSSR count). The van der Waals surface area contributed by atoms with E-state index < -0.39 is 0 Å². The van der Waals surface area contributed by atoms with Gasteiger partial charge in [0, 0.05) is 15.3 Å². The minimum Gasteiger partial charge on any atom is -0.466 e. The van der Waals surface area contributed by atoms with E-state index in [-0.39, 0.29) is 12.0 Å². The average molecular weight is 361 g/mol. The molecule has 0 spiro atoms. The van der Waals surface area contributed by atoms with E-state index in [1.807, 2.05) is 31.2 Å². The monoisotopic (exact) mass is 361 g/mol. The minimum absolute atomic E-state index is 0.101. The lowest BCUT2D eigenvalue weighted by Gasteiger charge is -2.22. The molecule has 4 heteroatoms. The number of rotatable bonds is 6. The van der Waals surface area contributed by atoms with Crippen molar-refractivity contribution in [2.24, 2.45) is 5.92 Å². The van der Waals surface area contributed by atoms with Crippen LogP contribution in [0.1, 0.15) is 27.2 Å². The summed E-state index contributed by atoms with van der Waals surface area (Å²) in [5, 5.41) is 3.39. The normalized spacial score (nSPS) is 12.3. The first-order chi connectivity index (χ1) is 8.52. The summed E-state index contributed by atoms with van der Waals surface area (Å²) in [6, 6.07) is 8.25. The first-order valence-corrected chi connectivity index (χ1v) is 7.28. The zero-order valence-electron chi connectivity index (χ0n) is 11.1. The van der Waals surface area contributed by atoms with E-state index in [4.69, 9.17) is 4.74 Å². The van der Waals surface area contributed by atoms with Crippen LogP contribution in [-0.2, 0) is 9.53 Å². The van der Waals surface area contributed by atoms with Crippen LogP contribution in [-0.4, -0.2) is 18.6 Å². The Morgan fingerprint density at radius 2 is 1.94 bits per heavy atom. The highest BCUT2D eigenvalue weighted by Gasteiger charge is 2.18. The molecule has 0 aliphatic rings. The van der Waals surface area contributed by atoms with E-state index in [2.05, 4.69) is 41.8 Å². The van der Waals surface area contributed by atoms with Gasteiger partial charge in [-0.25, -0.2) is 0 Å². The van der Waals surface area contributed by atoms with Crippen LogP contribution in [0.5, 0.6) is 0 Å². The third-order valence-electron chi connectivity index (χ3n) is 2.69. The maximum Gasteiger partial charge on any atom is 0.307 e. The summed E-state index contributed by atoms with van der Waals surface area (Å²) in [6.45, 7) is 6.47. The molecule has 0 amide bonds. The number of carbonyl (C=O) groups is 1. The highest BCUT2D eigenvalue weighted by molar-refractivity contribution is 14.1. The second-order valence-electron chi connectivity index (χ2n) is 4.51. The fourth-order valence-electron chi connectivity index (χ4n) is 1.61. The molecule has 1 aromatic rings. The molecule has 0 radical (unpaired) electrons. The van der Waals surface area contributed by atoms with Gasteiger partial charge in [0.1, 0.15) is 0 Å². The summed E-state index contributed by atoms with van der Waals surface area (Å²) in [5.74, 6) is 0.225. The average Bonchev–Trinajstić information content (AvgIpc) is 2.31. The molecule has 0 saturated carbocycles. The molecule has 0 aliphatic carbocycles. The van der Waals surface area contributed by atoms with Crippen LogP contribution in [0.2, 0.25) is 0 Å². The summed E-state index contributed by atoms with van der Waals surface area (Å²) in [6.07, 6.45) is 0.400. The van der Waals surface area contributed by atoms with Gasteiger partial charge in [-0.1, -0.05) is 13.8 Å². The molecule has 100 valence electrons. The van der Waals surface area contributed by atoms with Crippen LogP contribution in [0.3, 0.4) is 0 Å². The number of halogens is 1. The summed E-state index contributed by atoms with van der Waals surface area (Å²) in [4.78, 5) is 11.5. The predicted molar refractivity (Wildman–Crippen MR) is 82.7 cm³/mol. The van der Waals surface area contributed by atoms with Gasteiger partial charge >= 0.3 is 5.97 Å². The van der Waals surface area contributed by atoms with Gasteiger partial charge in [0.15, 0.2) is 0 Å². The van der Waals surface area contributed by atoms with Crippen LogP contribution < -0.4 is 5.32 Å². The summed E-state index contributed by atoms with van der Waals surface area (Å²) < 4.78 is 6.20. The van der Waals surface area contributed by atoms with E-state index in [1.54, 1.807) is 0 Å². The third kappa shape index (κ3) is 5.25. The fraction of sp³-hybridized carbons (Fsp3) is 0.500. The minimum atomic E-state index is -0.144. The van der Waals surface area contributed by atoms with Crippen molar-refractivity contribution >= 4 is 34.2 Å². The predicted octanol–water partition coefficient (Wildman–Crippen LogP) is 3.68. The van der Waals surface area contributed by atoms with Crippen LogP contribution in [0.25, 0.3) is 0 Å². The zero-order chi connectivity index (χ0) is 13.5. The Bertz CT molecular complexity index is 376. The van der Waals surface area contributed by atoms with Gasteiger partial charge < -0.3 is 10.1 Å². The lowest BCUT2D eigenvalue weighted by Crippen LogP contribution is -2.29. The molecule has 1 atom stereocenters. The van der Waals surface area contributed by atoms with Gasteiger partial charge in [-0.05, 0) is 59.7 Å². The van der Waals surface area contributed by atoms with E-state index in [1.165, 1.54) is 3.57 Å². The molecule has 3 nitrogen and oxygen atoms in total. The number of hydrogen-bond donors (Lipinski definition) is 1. The molecule has 0 bridgehead atoms.